The van der Waals surface area contributed by atoms with E-state index in [1.54, 1.807) is 0 Å². The van der Waals surface area contributed by atoms with Crippen LogP contribution in [0.25, 0.3) is 0 Å². The second-order valence-electron chi connectivity index (χ2n) is 2.58. The molecule has 6 heteroatoms. The van der Waals surface area contributed by atoms with Gasteiger partial charge in [0.1, 0.15) is 0 Å². The van der Waals surface area contributed by atoms with Crippen LogP contribution in [0, 0.1) is 0 Å². The van der Waals surface area contributed by atoms with Gasteiger partial charge in [-0.2, -0.15) is 0 Å². The van der Waals surface area contributed by atoms with Crippen molar-refractivity contribution in [2.24, 2.45) is 0 Å². The number of hydrogen-bond donors (Lipinski definition) is 3. The van der Waals surface area contributed by atoms with Crippen molar-refractivity contribution in [3.8, 4) is 0 Å². The van der Waals surface area contributed by atoms with E-state index in [1.165, 1.54) is 0 Å². The van der Waals surface area contributed by atoms with Gasteiger partial charge < -0.3 is 13.9 Å². The lowest BCUT2D eigenvalue weighted by molar-refractivity contribution is 1.18. The third kappa shape index (κ3) is 1.80. The first-order valence-electron chi connectivity index (χ1n) is 2.91. The molecule has 0 saturated carbocycles. The highest BCUT2D eigenvalue weighted by atomic mass is 28.4. The molecule has 1 aliphatic rings. The average molecular weight is 163 g/mol. The average Bonchev–Trinajstić information content (AvgIpc) is 1.65. The Kier molecular flexibility index (Phi) is 2.01. The summed E-state index contributed by atoms with van der Waals surface area (Å²) in [6, 6.07) is 0. The van der Waals surface area contributed by atoms with Crippen LogP contribution < -0.4 is 13.9 Å². The molecule has 0 atom stereocenters. The molecule has 0 aliphatic carbocycles. The molecule has 0 aromatic rings. The lowest BCUT2D eigenvalue weighted by Crippen LogP contribution is -2.70. The minimum absolute atomic E-state index is 0.0347. The van der Waals surface area contributed by atoms with Crippen LogP contribution in [-0.4, -0.2) is 28.1 Å². The lowest BCUT2D eigenvalue weighted by Gasteiger charge is -2.30. The molecule has 1 rings (SSSR count). The van der Waals surface area contributed by atoms with Crippen molar-refractivity contribution in [2.45, 2.75) is 13.1 Å². The zero-order chi connectivity index (χ0) is 6.04. The van der Waals surface area contributed by atoms with Crippen LogP contribution in [0.1, 0.15) is 0 Å². The van der Waals surface area contributed by atoms with Crippen molar-refractivity contribution >= 4 is 28.1 Å². The summed E-state index contributed by atoms with van der Waals surface area (Å²) in [7, 11) is -1.10. The van der Waals surface area contributed by atoms with E-state index in [1.807, 2.05) is 0 Å². The molecule has 1 saturated heterocycles. The Morgan fingerprint density at radius 2 is 1.62 bits per heavy atom. The molecule has 0 radical (unpaired) electrons. The Labute approximate surface area is 55.8 Å². The molecule has 48 valence electrons. The summed E-state index contributed by atoms with van der Waals surface area (Å²) in [5.41, 5.74) is 0. The van der Waals surface area contributed by atoms with Gasteiger partial charge in [-0.3, -0.25) is 0 Å². The lowest BCUT2D eigenvalue weighted by atomic mass is 11.9. The van der Waals surface area contributed by atoms with E-state index in [4.69, 9.17) is 0 Å². The van der Waals surface area contributed by atoms with Crippen LogP contribution in [0.4, 0.5) is 0 Å². The van der Waals surface area contributed by atoms with Crippen LogP contribution in [0.15, 0.2) is 0 Å². The van der Waals surface area contributed by atoms with Crippen LogP contribution in [-0.2, 0) is 0 Å². The van der Waals surface area contributed by atoms with Gasteiger partial charge in [0.05, 0.1) is 0 Å². The molecule has 0 unspecified atom stereocenters. The highest BCUT2D eigenvalue weighted by Gasteiger charge is 2.21. The molecule has 1 fully saturated rings. The second-order valence-corrected chi connectivity index (χ2v) is 11.4. The number of nitrogens with one attached hydrogen (secondary N) is 3. The summed E-state index contributed by atoms with van der Waals surface area (Å²) in [6.45, 7) is 4.65. The van der Waals surface area contributed by atoms with Gasteiger partial charge in [-0.15, -0.1) is 0 Å². The molecule has 0 aromatic carbocycles. The standard InChI is InChI=1S/C2H13N3Si3/c1-8(2)4-6-3-7-5-8/h3-5H,6-7H2,1-2H3. The summed E-state index contributed by atoms with van der Waals surface area (Å²) in [6.07, 6.45) is 0. The monoisotopic (exact) mass is 163 g/mol. The Balaban J connectivity index is 2.33. The van der Waals surface area contributed by atoms with E-state index in [-0.39, 0.29) is 19.7 Å². The highest BCUT2D eigenvalue weighted by molar-refractivity contribution is 6.86. The molecular weight excluding hydrogens is 150 g/mol. The van der Waals surface area contributed by atoms with Crippen LogP contribution in [0.5, 0.6) is 0 Å². The van der Waals surface area contributed by atoms with Crippen molar-refractivity contribution < 1.29 is 0 Å². The minimum Gasteiger partial charge on any atom is -0.346 e. The molecule has 1 heterocycles. The molecule has 0 amide bonds. The summed E-state index contributed by atoms with van der Waals surface area (Å²) in [5, 5.41) is 0. The Hall–Kier alpha value is 0.531. The largest absolute Gasteiger partial charge is 0.346 e. The van der Waals surface area contributed by atoms with Crippen molar-refractivity contribution in [1.29, 1.82) is 0 Å². The SMILES string of the molecule is C[Si]1(C)N[SiH2]N[SiH2]N1. The van der Waals surface area contributed by atoms with E-state index in [0.29, 0.717) is 0 Å². The zero-order valence-corrected chi connectivity index (χ0v) is 9.24. The van der Waals surface area contributed by atoms with Crippen LogP contribution in [0.3, 0.4) is 0 Å². The number of rotatable bonds is 0. The van der Waals surface area contributed by atoms with E-state index in [0.717, 1.165) is 0 Å². The third-order valence-corrected chi connectivity index (χ3v) is 11.8. The summed E-state index contributed by atoms with van der Waals surface area (Å²) in [5.74, 6) is 0. The zero-order valence-electron chi connectivity index (χ0n) is 5.41. The maximum atomic E-state index is 3.55. The summed E-state index contributed by atoms with van der Waals surface area (Å²) in [4.78, 5) is 0. The first-order chi connectivity index (χ1) is 3.71. The van der Waals surface area contributed by atoms with Crippen molar-refractivity contribution in [3.05, 3.63) is 0 Å². The predicted molar refractivity (Wildman–Crippen MR) is 44.0 cm³/mol. The maximum Gasteiger partial charge on any atom is 0.182 e. The van der Waals surface area contributed by atoms with Crippen LogP contribution in [0.2, 0.25) is 13.1 Å². The molecule has 0 aromatic heterocycles. The van der Waals surface area contributed by atoms with Gasteiger partial charge in [-0.1, -0.05) is 0 Å². The Morgan fingerprint density at radius 1 is 1.12 bits per heavy atom. The van der Waals surface area contributed by atoms with Gasteiger partial charge >= 0.3 is 0 Å². The van der Waals surface area contributed by atoms with E-state index in [2.05, 4.69) is 27.0 Å². The van der Waals surface area contributed by atoms with Crippen molar-refractivity contribution in [1.82, 2.24) is 13.9 Å². The summed E-state index contributed by atoms with van der Waals surface area (Å²) < 4.78 is 10.5. The summed E-state index contributed by atoms with van der Waals surface area (Å²) >= 11 is 0. The van der Waals surface area contributed by atoms with Gasteiger partial charge in [0.25, 0.3) is 0 Å². The van der Waals surface area contributed by atoms with E-state index >= 15 is 0 Å². The fourth-order valence-electron chi connectivity index (χ4n) is 0.692. The van der Waals surface area contributed by atoms with Gasteiger partial charge in [0.2, 0.25) is 0 Å². The smallest absolute Gasteiger partial charge is 0.182 e. The minimum atomic E-state index is -1.03. The van der Waals surface area contributed by atoms with Gasteiger partial charge in [-0.25, -0.2) is 0 Å². The van der Waals surface area contributed by atoms with Crippen molar-refractivity contribution in [2.75, 3.05) is 0 Å². The third-order valence-electron chi connectivity index (χ3n) is 1.31. The van der Waals surface area contributed by atoms with Gasteiger partial charge in [-0.05, 0) is 13.1 Å². The molecule has 0 spiro atoms. The number of hydrogen-bond acceptors (Lipinski definition) is 3. The normalized spacial score (nSPS) is 33.8. The second kappa shape index (κ2) is 2.42. The fraction of sp³-hybridized carbons (Fsp3) is 1.00. The van der Waals surface area contributed by atoms with E-state index < -0.39 is 8.40 Å². The molecule has 3 N–H and O–H groups in total. The first kappa shape index (κ1) is 6.65. The molecule has 0 bridgehead atoms. The molecule has 3 nitrogen and oxygen atoms in total. The Bertz CT molecular complexity index is 76.6. The first-order valence-corrected chi connectivity index (χ1v) is 8.74. The van der Waals surface area contributed by atoms with E-state index in [9.17, 15) is 0 Å². The predicted octanol–water partition coefficient (Wildman–Crippen LogP) is -2.53. The topological polar surface area (TPSA) is 36.1 Å². The Morgan fingerprint density at radius 3 is 1.88 bits per heavy atom. The quantitative estimate of drug-likeness (QED) is 0.345. The molecule has 1 aliphatic heterocycles. The highest BCUT2D eigenvalue weighted by Crippen LogP contribution is 1.88. The fourth-order valence-corrected chi connectivity index (χ4v) is 9.60. The van der Waals surface area contributed by atoms with Crippen molar-refractivity contribution in [3.63, 3.8) is 0 Å². The molecular formula is C2H13N3Si3. The molecule has 8 heavy (non-hydrogen) atoms. The van der Waals surface area contributed by atoms with Gasteiger partial charge in [0, 0.05) is 0 Å². The maximum absolute atomic E-state index is 3.55. The van der Waals surface area contributed by atoms with Crippen LogP contribution >= 0.6 is 0 Å². The van der Waals surface area contributed by atoms with Gasteiger partial charge in [0.15, 0.2) is 28.1 Å².